The first-order chi connectivity index (χ1) is 20.2. The quantitative estimate of drug-likeness (QED) is 0.387. The van der Waals surface area contributed by atoms with Gasteiger partial charge in [0.25, 0.3) is 5.91 Å². The number of rotatable bonds is 6. The molecule has 0 aliphatic carbocycles. The maximum absolute atomic E-state index is 13.5. The number of amides is 2. The molecule has 0 saturated carbocycles. The molecule has 3 aromatic rings. The van der Waals surface area contributed by atoms with Crippen molar-refractivity contribution in [3.8, 4) is 16.3 Å². The molecule has 230 valence electrons. The van der Waals surface area contributed by atoms with Gasteiger partial charge in [-0.05, 0) is 46.8 Å². The summed E-state index contributed by atoms with van der Waals surface area (Å²) in [4.78, 5) is 42.1. The Morgan fingerprint density at radius 3 is 2.44 bits per heavy atom. The third kappa shape index (κ3) is 7.00. The lowest BCUT2D eigenvalue weighted by atomic mass is 9.98. The summed E-state index contributed by atoms with van der Waals surface area (Å²) in [6.45, 7) is 11.9. The number of ether oxygens (including phenoxy) is 2. The number of halogens is 3. The minimum absolute atomic E-state index is 0.209. The molecular formula is C29H33F3N6O4S. The van der Waals surface area contributed by atoms with Crippen molar-refractivity contribution in [2.75, 3.05) is 37.7 Å². The van der Waals surface area contributed by atoms with Crippen molar-refractivity contribution in [3.63, 3.8) is 0 Å². The Labute approximate surface area is 251 Å². The largest absolute Gasteiger partial charge is 0.489 e. The Morgan fingerprint density at radius 1 is 1.14 bits per heavy atom. The normalized spacial score (nSPS) is 16.2. The molecule has 1 aromatic carbocycles. The summed E-state index contributed by atoms with van der Waals surface area (Å²) in [6.07, 6.45) is -1.11. The molecule has 1 N–H and O–H groups in total. The van der Waals surface area contributed by atoms with Crippen molar-refractivity contribution >= 4 is 29.0 Å². The van der Waals surface area contributed by atoms with Crippen LogP contribution in [0.25, 0.3) is 10.6 Å². The van der Waals surface area contributed by atoms with Crippen LogP contribution in [0.4, 0.5) is 23.7 Å². The number of nitrogens with zero attached hydrogens (tertiary/aromatic N) is 5. The predicted molar refractivity (Wildman–Crippen MR) is 154 cm³/mol. The van der Waals surface area contributed by atoms with Crippen LogP contribution in [0.5, 0.6) is 5.75 Å². The van der Waals surface area contributed by atoms with Crippen LogP contribution in [0.15, 0.2) is 30.7 Å². The number of aromatic nitrogens is 3. The predicted octanol–water partition coefficient (Wildman–Crippen LogP) is 5.48. The summed E-state index contributed by atoms with van der Waals surface area (Å²) in [6, 6.07) is 2.82. The Bertz CT molecular complexity index is 1500. The number of likely N-dealkylation sites (tertiary alicyclic amines) is 1. The molecule has 1 atom stereocenters. The smallest absolute Gasteiger partial charge is 0.451 e. The SMILES string of the molecule is Cc1cnc(-c2cc(C(=O)N[C@H](C)c3cnc(C(F)(F)F)nc3)cc3c2OCCN3CC2CN(C(=O)OC(C)(C)C)C2)s1. The topological polar surface area (TPSA) is 110 Å². The molecule has 2 amide bonds. The number of carbonyl (C=O) groups is 2. The van der Waals surface area contributed by atoms with Crippen LogP contribution in [0.3, 0.4) is 0 Å². The summed E-state index contributed by atoms with van der Waals surface area (Å²) in [5, 5.41) is 3.54. The number of aryl methyl sites for hydroxylation is 1. The van der Waals surface area contributed by atoms with Crippen molar-refractivity contribution in [2.24, 2.45) is 5.92 Å². The fourth-order valence-electron chi connectivity index (χ4n) is 4.88. The van der Waals surface area contributed by atoms with Crippen molar-refractivity contribution in [1.82, 2.24) is 25.2 Å². The molecule has 0 bridgehead atoms. The van der Waals surface area contributed by atoms with Crippen LogP contribution >= 0.6 is 11.3 Å². The van der Waals surface area contributed by atoms with Gasteiger partial charge in [-0.3, -0.25) is 4.79 Å². The van der Waals surface area contributed by atoms with E-state index in [0.717, 1.165) is 23.0 Å². The third-order valence-corrected chi connectivity index (χ3v) is 7.94. The van der Waals surface area contributed by atoms with Crippen LogP contribution in [0.1, 0.15) is 60.4 Å². The highest BCUT2D eigenvalue weighted by Crippen LogP contribution is 2.43. The van der Waals surface area contributed by atoms with Crippen LogP contribution in [0.2, 0.25) is 0 Å². The zero-order valence-corrected chi connectivity index (χ0v) is 25.3. The first kappa shape index (κ1) is 30.5. The van der Waals surface area contributed by atoms with E-state index in [0.29, 0.717) is 60.2 Å². The maximum Gasteiger partial charge on any atom is 0.451 e. The molecule has 0 unspecified atom stereocenters. The molecule has 14 heteroatoms. The summed E-state index contributed by atoms with van der Waals surface area (Å²) in [5.74, 6) is -0.825. The molecule has 10 nitrogen and oxygen atoms in total. The van der Waals surface area contributed by atoms with Crippen LogP contribution in [0, 0.1) is 12.8 Å². The van der Waals surface area contributed by atoms with Gasteiger partial charge in [-0.2, -0.15) is 13.2 Å². The highest BCUT2D eigenvalue weighted by molar-refractivity contribution is 7.15. The Kier molecular flexibility index (Phi) is 8.25. The molecule has 0 spiro atoms. The van der Waals surface area contributed by atoms with E-state index >= 15 is 0 Å². The van der Waals surface area contributed by atoms with Gasteiger partial charge in [0, 0.05) is 60.1 Å². The molecular weight excluding hydrogens is 585 g/mol. The first-order valence-electron chi connectivity index (χ1n) is 13.8. The third-order valence-electron chi connectivity index (χ3n) is 6.99. The number of thiazole rings is 1. The van der Waals surface area contributed by atoms with E-state index in [-0.39, 0.29) is 12.0 Å². The van der Waals surface area contributed by atoms with Crippen LogP contribution in [-0.2, 0) is 10.9 Å². The second-order valence-corrected chi connectivity index (χ2v) is 13.0. The molecule has 5 rings (SSSR count). The number of fused-ring (bicyclic) bond motifs is 1. The Morgan fingerprint density at radius 2 is 1.84 bits per heavy atom. The van der Waals surface area contributed by atoms with Gasteiger partial charge in [-0.25, -0.2) is 19.7 Å². The second-order valence-electron chi connectivity index (χ2n) is 11.7. The highest BCUT2D eigenvalue weighted by atomic mass is 32.1. The minimum Gasteiger partial charge on any atom is -0.489 e. The molecule has 2 aliphatic rings. The van der Waals surface area contributed by atoms with Gasteiger partial charge in [0.15, 0.2) is 5.75 Å². The van der Waals surface area contributed by atoms with Gasteiger partial charge < -0.3 is 24.6 Å². The van der Waals surface area contributed by atoms with Gasteiger partial charge in [0.1, 0.15) is 17.2 Å². The van der Waals surface area contributed by atoms with Crippen molar-refractivity contribution < 1.29 is 32.2 Å². The van der Waals surface area contributed by atoms with Gasteiger partial charge in [-0.1, -0.05) is 0 Å². The maximum atomic E-state index is 13.5. The van der Waals surface area contributed by atoms with Gasteiger partial charge in [0.05, 0.1) is 23.8 Å². The van der Waals surface area contributed by atoms with E-state index in [9.17, 15) is 22.8 Å². The standard InChI is InChI=1S/C29H33F3N6O4S/c1-16-10-33-25(43-16)21-8-19(24(39)36-17(2)20-11-34-26(35-12-20)29(30,31)32)9-22-23(21)41-7-6-37(22)13-18-14-38(15-18)27(40)42-28(3,4)5/h8-12,17-18H,6-7,13-15H2,1-5H3,(H,36,39)/t17-/m1/s1. The van der Waals surface area contributed by atoms with Crippen LogP contribution < -0.4 is 15.0 Å². The lowest BCUT2D eigenvalue weighted by Gasteiger charge is -2.43. The summed E-state index contributed by atoms with van der Waals surface area (Å²) in [7, 11) is 0. The fourth-order valence-corrected chi connectivity index (χ4v) is 5.66. The van der Waals surface area contributed by atoms with Crippen molar-refractivity contribution in [2.45, 2.75) is 52.4 Å². The molecule has 4 heterocycles. The highest BCUT2D eigenvalue weighted by Gasteiger charge is 2.37. The van der Waals surface area contributed by atoms with E-state index < -0.39 is 29.6 Å². The minimum atomic E-state index is -4.65. The van der Waals surface area contributed by atoms with Gasteiger partial charge in [-0.15, -0.1) is 11.3 Å². The van der Waals surface area contributed by atoms with Crippen molar-refractivity contribution in [1.29, 1.82) is 0 Å². The number of anilines is 1. The average molecular weight is 619 g/mol. The zero-order chi connectivity index (χ0) is 31.1. The van der Waals surface area contributed by atoms with E-state index in [1.165, 1.54) is 11.3 Å². The first-order valence-corrected chi connectivity index (χ1v) is 14.7. The number of benzene rings is 1. The molecule has 2 aromatic heterocycles. The lowest BCUT2D eigenvalue weighted by Crippen LogP contribution is -2.55. The number of nitrogens with one attached hydrogen (secondary N) is 1. The number of hydrogen-bond acceptors (Lipinski definition) is 9. The van der Waals surface area contributed by atoms with Crippen LogP contribution in [-0.4, -0.2) is 70.2 Å². The van der Waals surface area contributed by atoms with E-state index in [2.05, 4.69) is 25.2 Å². The molecule has 0 radical (unpaired) electrons. The number of alkyl halides is 3. The van der Waals surface area contributed by atoms with E-state index in [4.69, 9.17) is 9.47 Å². The fraction of sp³-hybridized carbons (Fsp3) is 0.483. The summed E-state index contributed by atoms with van der Waals surface area (Å²) in [5.41, 5.74) is 1.53. The van der Waals surface area contributed by atoms with E-state index in [1.807, 2.05) is 27.7 Å². The van der Waals surface area contributed by atoms with Gasteiger partial charge >= 0.3 is 12.3 Å². The molecule has 43 heavy (non-hydrogen) atoms. The summed E-state index contributed by atoms with van der Waals surface area (Å²) >= 11 is 1.48. The Balaban J connectivity index is 1.37. The number of carbonyl (C=O) groups excluding carboxylic acids is 2. The lowest BCUT2D eigenvalue weighted by molar-refractivity contribution is -0.145. The molecule has 1 fully saturated rings. The van der Waals surface area contributed by atoms with Gasteiger partial charge in [0.2, 0.25) is 5.82 Å². The van der Waals surface area contributed by atoms with Crippen molar-refractivity contribution in [3.05, 3.63) is 52.6 Å². The summed E-state index contributed by atoms with van der Waals surface area (Å²) < 4.78 is 50.2. The second kappa shape index (κ2) is 11.6. The Hall–Kier alpha value is -3.94. The number of hydrogen-bond donors (Lipinski definition) is 1. The molecule has 2 aliphatic heterocycles. The van der Waals surface area contributed by atoms with E-state index in [1.54, 1.807) is 30.2 Å². The monoisotopic (exact) mass is 618 g/mol. The average Bonchev–Trinajstić information content (AvgIpc) is 3.34. The zero-order valence-electron chi connectivity index (χ0n) is 24.5. The molecule has 1 saturated heterocycles.